The Balaban J connectivity index is 2.63. The van der Waals surface area contributed by atoms with Crippen LogP contribution in [-0.4, -0.2) is 37.8 Å². The average molecular weight is 364 g/mol. The molecule has 1 rings (SSSR count). The third kappa shape index (κ3) is 7.12. The van der Waals surface area contributed by atoms with Crippen molar-refractivity contribution in [2.75, 3.05) is 13.2 Å². The van der Waals surface area contributed by atoms with E-state index in [2.05, 4.69) is 15.4 Å². The highest BCUT2D eigenvalue weighted by atomic mass is 32.1. The van der Waals surface area contributed by atoms with Gasteiger partial charge in [-0.05, 0) is 30.7 Å². The summed E-state index contributed by atoms with van der Waals surface area (Å²) >= 11 is 1.00. The molecular formula is C15H22F2N2O4S. The topological polar surface area (TPSA) is 76.7 Å². The highest BCUT2D eigenvalue weighted by Gasteiger charge is 2.20. The second-order valence-corrected chi connectivity index (χ2v) is 6.31. The Morgan fingerprint density at radius 3 is 2.62 bits per heavy atom. The first-order chi connectivity index (χ1) is 11.3. The van der Waals surface area contributed by atoms with Gasteiger partial charge in [0.25, 0.3) is 5.91 Å². The summed E-state index contributed by atoms with van der Waals surface area (Å²) in [5, 5.41) is 6.80. The number of alkyl halides is 2. The van der Waals surface area contributed by atoms with Gasteiger partial charge in [-0.15, -0.1) is 11.3 Å². The van der Waals surface area contributed by atoms with Gasteiger partial charge in [-0.1, -0.05) is 13.8 Å². The number of carbonyl (C=O) groups is 2. The molecule has 0 saturated carbocycles. The molecule has 1 unspecified atom stereocenters. The molecule has 2 N–H and O–H groups in total. The molecule has 2 amide bonds. The molecule has 0 spiro atoms. The van der Waals surface area contributed by atoms with Crippen LogP contribution >= 0.6 is 11.3 Å². The van der Waals surface area contributed by atoms with Crippen LogP contribution in [0.3, 0.4) is 0 Å². The maximum Gasteiger partial charge on any atom is 0.407 e. The van der Waals surface area contributed by atoms with Crippen molar-refractivity contribution in [3.63, 3.8) is 0 Å². The quantitative estimate of drug-likeness (QED) is 0.705. The molecule has 0 aromatic carbocycles. The Hall–Kier alpha value is -1.90. The van der Waals surface area contributed by atoms with E-state index in [1.165, 1.54) is 11.4 Å². The predicted molar refractivity (Wildman–Crippen MR) is 86.7 cm³/mol. The first-order valence-corrected chi connectivity index (χ1v) is 8.45. The number of amides is 2. The number of thiophene rings is 1. The zero-order valence-electron chi connectivity index (χ0n) is 13.8. The van der Waals surface area contributed by atoms with Gasteiger partial charge in [0.15, 0.2) is 0 Å². The zero-order chi connectivity index (χ0) is 18.1. The molecule has 0 bridgehead atoms. The van der Waals surface area contributed by atoms with Crippen molar-refractivity contribution in [2.45, 2.75) is 39.8 Å². The predicted octanol–water partition coefficient (Wildman–Crippen LogP) is 3.24. The lowest BCUT2D eigenvalue weighted by atomic mass is 10.0. The monoisotopic (exact) mass is 364 g/mol. The summed E-state index contributed by atoms with van der Waals surface area (Å²) in [6.45, 7) is 3.06. The fourth-order valence-electron chi connectivity index (χ4n) is 2.05. The normalized spacial score (nSPS) is 12.1. The average Bonchev–Trinajstić information content (AvgIpc) is 2.91. The van der Waals surface area contributed by atoms with E-state index < -0.39 is 18.6 Å². The Morgan fingerprint density at radius 1 is 1.33 bits per heavy atom. The minimum atomic E-state index is -3.00. The molecule has 0 radical (unpaired) electrons. The summed E-state index contributed by atoms with van der Waals surface area (Å²) in [5.41, 5.74) is 0. The summed E-state index contributed by atoms with van der Waals surface area (Å²) in [7, 11) is 0. The molecule has 0 fully saturated rings. The maximum atomic E-state index is 12.3. The molecule has 1 aromatic heterocycles. The molecule has 9 heteroatoms. The minimum Gasteiger partial charge on any atom is -0.450 e. The molecule has 24 heavy (non-hydrogen) atoms. The highest BCUT2D eigenvalue weighted by Crippen LogP contribution is 2.26. The van der Waals surface area contributed by atoms with Crippen LogP contribution in [0.5, 0.6) is 5.75 Å². The number of hydrogen-bond acceptors (Lipinski definition) is 5. The Bertz CT molecular complexity index is 537. The largest absolute Gasteiger partial charge is 0.450 e. The van der Waals surface area contributed by atoms with Crippen molar-refractivity contribution < 1.29 is 27.8 Å². The van der Waals surface area contributed by atoms with Crippen molar-refractivity contribution in [1.29, 1.82) is 0 Å². The first-order valence-electron chi connectivity index (χ1n) is 7.57. The van der Waals surface area contributed by atoms with Crippen molar-refractivity contribution in [3.8, 4) is 5.75 Å². The van der Waals surface area contributed by atoms with E-state index in [0.717, 1.165) is 11.3 Å². The van der Waals surface area contributed by atoms with Gasteiger partial charge in [0.2, 0.25) is 0 Å². The fourth-order valence-corrected chi connectivity index (χ4v) is 2.79. The van der Waals surface area contributed by atoms with Gasteiger partial charge in [-0.25, -0.2) is 4.79 Å². The van der Waals surface area contributed by atoms with E-state index in [1.807, 2.05) is 13.8 Å². The third-order valence-corrected chi connectivity index (χ3v) is 3.81. The Labute approximate surface area is 143 Å². The zero-order valence-corrected chi connectivity index (χ0v) is 14.6. The Kier molecular flexibility index (Phi) is 8.45. The van der Waals surface area contributed by atoms with Crippen molar-refractivity contribution in [3.05, 3.63) is 16.3 Å². The van der Waals surface area contributed by atoms with E-state index in [9.17, 15) is 18.4 Å². The molecule has 1 atom stereocenters. The SMILES string of the molecule is CCOC(=O)NC(CNC(=O)c1sccc1OC(F)F)CC(C)C. The maximum absolute atomic E-state index is 12.3. The first kappa shape index (κ1) is 20.1. The standard InChI is InChI=1S/C15H22F2N2O4S/c1-4-22-15(21)19-10(7-9(2)3)8-18-13(20)12-11(5-6-24-12)23-14(16)17/h5-6,9-10,14H,4,7-8H2,1-3H3,(H,18,20)(H,19,21). The van der Waals surface area contributed by atoms with Crippen molar-refractivity contribution in [2.24, 2.45) is 5.92 Å². The second-order valence-electron chi connectivity index (χ2n) is 5.39. The van der Waals surface area contributed by atoms with E-state index in [0.29, 0.717) is 6.42 Å². The van der Waals surface area contributed by atoms with Crippen LogP contribution in [0.15, 0.2) is 11.4 Å². The van der Waals surface area contributed by atoms with Crippen LogP contribution in [0.1, 0.15) is 36.9 Å². The molecule has 136 valence electrons. The fraction of sp³-hybridized carbons (Fsp3) is 0.600. The molecular weight excluding hydrogens is 342 g/mol. The summed E-state index contributed by atoms with van der Waals surface area (Å²) in [6.07, 6.45) is 0.0689. The summed E-state index contributed by atoms with van der Waals surface area (Å²) in [6, 6.07) is 0.987. The van der Waals surface area contributed by atoms with Crippen LogP contribution in [0.4, 0.5) is 13.6 Å². The summed E-state index contributed by atoms with van der Waals surface area (Å²) in [5.74, 6) is -0.403. The number of rotatable bonds is 9. The molecule has 1 heterocycles. The molecule has 0 aliphatic heterocycles. The van der Waals surface area contributed by atoms with E-state index in [4.69, 9.17) is 4.74 Å². The third-order valence-electron chi connectivity index (χ3n) is 2.91. The van der Waals surface area contributed by atoms with Gasteiger partial charge in [0.05, 0.1) is 6.61 Å². The number of halogens is 2. The summed E-state index contributed by atoms with van der Waals surface area (Å²) in [4.78, 5) is 23.7. The molecule has 6 nitrogen and oxygen atoms in total. The van der Waals surface area contributed by atoms with Crippen LogP contribution in [0.25, 0.3) is 0 Å². The smallest absolute Gasteiger partial charge is 0.407 e. The molecule has 0 saturated heterocycles. The Morgan fingerprint density at radius 2 is 2.04 bits per heavy atom. The second kappa shape index (κ2) is 10.1. The van der Waals surface area contributed by atoms with Crippen LogP contribution in [0.2, 0.25) is 0 Å². The molecule has 0 aliphatic carbocycles. The van der Waals surface area contributed by atoms with Crippen LogP contribution in [-0.2, 0) is 4.74 Å². The summed E-state index contributed by atoms with van der Waals surface area (Å²) < 4.78 is 33.7. The van der Waals surface area contributed by atoms with Gasteiger partial charge in [-0.3, -0.25) is 4.79 Å². The van der Waals surface area contributed by atoms with Gasteiger partial charge in [0.1, 0.15) is 10.6 Å². The van der Waals surface area contributed by atoms with E-state index in [-0.39, 0.29) is 35.7 Å². The lowest BCUT2D eigenvalue weighted by Gasteiger charge is -2.20. The van der Waals surface area contributed by atoms with Crippen LogP contribution in [0, 0.1) is 5.92 Å². The van der Waals surface area contributed by atoms with Crippen LogP contribution < -0.4 is 15.4 Å². The highest BCUT2D eigenvalue weighted by molar-refractivity contribution is 7.12. The van der Waals surface area contributed by atoms with Gasteiger partial charge >= 0.3 is 12.7 Å². The molecule has 1 aromatic rings. The number of carbonyl (C=O) groups excluding carboxylic acids is 2. The number of alkyl carbamates (subject to hydrolysis) is 1. The number of nitrogens with one attached hydrogen (secondary N) is 2. The van der Waals surface area contributed by atoms with Crippen molar-refractivity contribution >= 4 is 23.3 Å². The number of hydrogen-bond donors (Lipinski definition) is 2. The minimum absolute atomic E-state index is 0.0646. The van der Waals surface area contributed by atoms with Crippen molar-refractivity contribution in [1.82, 2.24) is 10.6 Å². The van der Waals surface area contributed by atoms with Gasteiger partial charge in [-0.2, -0.15) is 8.78 Å². The van der Waals surface area contributed by atoms with E-state index >= 15 is 0 Å². The van der Waals surface area contributed by atoms with Gasteiger partial charge < -0.3 is 20.1 Å². The lowest BCUT2D eigenvalue weighted by Crippen LogP contribution is -2.44. The lowest BCUT2D eigenvalue weighted by molar-refractivity contribution is -0.0498. The molecule has 0 aliphatic rings. The van der Waals surface area contributed by atoms with E-state index in [1.54, 1.807) is 6.92 Å². The van der Waals surface area contributed by atoms with Gasteiger partial charge in [0, 0.05) is 12.6 Å². The number of ether oxygens (including phenoxy) is 2.